The molecule has 1 unspecified atom stereocenters. The molecular weight excluding hydrogens is 458 g/mol. The van der Waals surface area contributed by atoms with Crippen molar-refractivity contribution in [3.63, 3.8) is 0 Å². The number of nitrogens with one attached hydrogen (secondary N) is 2. The number of carbonyl (C=O) groups is 1. The van der Waals surface area contributed by atoms with E-state index in [2.05, 4.69) is 29.6 Å². The SMILES string of the molecule is Cn1nc(C2N=C(c3cnc4c(ccn4CCNC(=O)OC(C)(C)C)c3)NO2)c2c1CC(C)(C)CC2. The molecule has 0 radical (unpaired) electrons. The minimum Gasteiger partial charge on any atom is -0.444 e. The first-order chi connectivity index (χ1) is 17.0. The van der Waals surface area contributed by atoms with Gasteiger partial charge in [0, 0.05) is 54.7 Å². The second-order valence-electron chi connectivity index (χ2n) is 11.4. The van der Waals surface area contributed by atoms with Gasteiger partial charge in [0.1, 0.15) is 16.9 Å². The number of aryl methyl sites for hydroxylation is 1. The van der Waals surface area contributed by atoms with Crippen molar-refractivity contribution in [2.24, 2.45) is 17.5 Å². The van der Waals surface area contributed by atoms with E-state index in [9.17, 15) is 4.79 Å². The zero-order valence-electron chi connectivity index (χ0n) is 21.9. The van der Waals surface area contributed by atoms with Crippen LogP contribution < -0.4 is 10.8 Å². The van der Waals surface area contributed by atoms with Crippen molar-refractivity contribution >= 4 is 23.0 Å². The number of amides is 1. The van der Waals surface area contributed by atoms with Crippen LogP contribution in [-0.4, -0.2) is 43.4 Å². The van der Waals surface area contributed by atoms with Crippen LogP contribution in [0.2, 0.25) is 0 Å². The van der Waals surface area contributed by atoms with Gasteiger partial charge in [-0.15, -0.1) is 0 Å². The van der Waals surface area contributed by atoms with Crippen molar-refractivity contribution < 1.29 is 14.4 Å². The van der Waals surface area contributed by atoms with Crippen LogP contribution in [0.1, 0.15) is 69.8 Å². The normalized spacial score (nSPS) is 19.1. The van der Waals surface area contributed by atoms with Crippen LogP contribution in [0.25, 0.3) is 11.0 Å². The maximum Gasteiger partial charge on any atom is 0.407 e. The Morgan fingerprint density at radius 1 is 1.36 bits per heavy atom. The van der Waals surface area contributed by atoms with Crippen LogP contribution in [0.4, 0.5) is 4.79 Å². The van der Waals surface area contributed by atoms with Gasteiger partial charge in [0.2, 0.25) is 6.23 Å². The molecule has 5 rings (SSSR count). The number of rotatable bonds is 5. The molecule has 4 heterocycles. The molecule has 1 atom stereocenters. The Bertz CT molecular complexity index is 1330. The highest BCUT2D eigenvalue weighted by Gasteiger charge is 2.34. The van der Waals surface area contributed by atoms with E-state index in [1.54, 1.807) is 6.20 Å². The number of ether oxygens (including phenoxy) is 1. The van der Waals surface area contributed by atoms with Gasteiger partial charge in [0.05, 0.1) is 0 Å². The average molecular weight is 494 g/mol. The third kappa shape index (κ3) is 4.95. The highest BCUT2D eigenvalue weighted by molar-refractivity contribution is 6.01. The van der Waals surface area contributed by atoms with E-state index in [0.717, 1.165) is 41.6 Å². The molecule has 0 aromatic carbocycles. The Morgan fingerprint density at radius 3 is 2.94 bits per heavy atom. The Balaban J connectivity index is 1.28. The van der Waals surface area contributed by atoms with Gasteiger partial charge in [0.25, 0.3) is 0 Å². The standard InChI is InChI=1S/C26H35N7O3/c1-25(2,3)35-24(34)27-10-12-33-11-8-16-13-17(15-28-22(16)33)21-29-23(36-31-21)20-18-7-9-26(4,5)14-19(18)32(6)30-20/h8,11,13,15,23H,7,9-10,12,14H2,1-6H3,(H,27,34)(H,29,31). The van der Waals surface area contributed by atoms with Crippen LogP contribution in [0.5, 0.6) is 0 Å². The van der Waals surface area contributed by atoms with Gasteiger partial charge in [-0.1, -0.05) is 13.8 Å². The van der Waals surface area contributed by atoms with E-state index in [1.807, 2.05) is 55.4 Å². The molecule has 192 valence electrons. The number of amidine groups is 1. The molecule has 1 amide bonds. The third-order valence-electron chi connectivity index (χ3n) is 6.65. The minimum absolute atomic E-state index is 0.282. The molecule has 0 saturated carbocycles. The number of carbonyl (C=O) groups excluding carboxylic acids is 1. The molecule has 1 aliphatic heterocycles. The van der Waals surface area contributed by atoms with Crippen molar-refractivity contribution in [2.75, 3.05) is 6.54 Å². The highest BCUT2D eigenvalue weighted by Crippen LogP contribution is 2.38. The molecule has 0 fully saturated rings. The van der Waals surface area contributed by atoms with Gasteiger partial charge in [-0.3, -0.25) is 4.68 Å². The molecule has 1 aliphatic carbocycles. The van der Waals surface area contributed by atoms with Crippen LogP contribution in [0.3, 0.4) is 0 Å². The topological polar surface area (TPSA) is 108 Å². The molecule has 0 saturated heterocycles. The summed E-state index contributed by atoms with van der Waals surface area (Å²) in [5.74, 6) is 0.643. The van der Waals surface area contributed by atoms with E-state index in [4.69, 9.17) is 19.7 Å². The number of hydrogen-bond acceptors (Lipinski definition) is 7. The van der Waals surface area contributed by atoms with Crippen molar-refractivity contribution in [3.8, 4) is 0 Å². The van der Waals surface area contributed by atoms with Crippen molar-refractivity contribution in [1.29, 1.82) is 0 Å². The summed E-state index contributed by atoms with van der Waals surface area (Å²) in [7, 11) is 2.00. The number of fused-ring (bicyclic) bond motifs is 2. The zero-order chi connectivity index (χ0) is 25.7. The first kappa shape index (κ1) is 24.3. The predicted octanol–water partition coefficient (Wildman–Crippen LogP) is 3.79. The second kappa shape index (κ2) is 8.92. The molecule has 2 aliphatic rings. The first-order valence-electron chi connectivity index (χ1n) is 12.5. The average Bonchev–Trinajstić information content (AvgIpc) is 3.49. The maximum atomic E-state index is 11.9. The summed E-state index contributed by atoms with van der Waals surface area (Å²) in [4.78, 5) is 27.2. The van der Waals surface area contributed by atoms with Gasteiger partial charge >= 0.3 is 6.09 Å². The second-order valence-corrected chi connectivity index (χ2v) is 11.4. The van der Waals surface area contributed by atoms with E-state index in [-0.39, 0.29) is 5.41 Å². The predicted molar refractivity (Wildman–Crippen MR) is 136 cm³/mol. The quantitative estimate of drug-likeness (QED) is 0.560. The van der Waals surface area contributed by atoms with Crippen molar-refractivity contribution in [1.82, 2.24) is 30.1 Å². The summed E-state index contributed by atoms with van der Waals surface area (Å²) in [6, 6.07) is 4.04. The van der Waals surface area contributed by atoms with Crippen LogP contribution in [-0.2, 0) is 36.0 Å². The molecule has 10 heteroatoms. The minimum atomic E-state index is -0.519. The molecule has 3 aromatic heterocycles. The number of pyridine rings is 1. The van der Waals surface area contributed by atoms with Crippen LogP contribution in [0.15, 0.2) is 29.5 Å². The molecular formula is C26H35N7O3. The number of nitrogens with zero attached hydrogens (tertiary/aromatic N) is 5. The van der Waals surface area contributed by atoms with Crippen LogP contribution >= 0.6 is 0 Å². The smallest absolute Gasteiger partial charge is 0.407 e. The molecule has 2 N–H and O–H groups in total. The Hall–Kier alpha value is -3.40. The number of hydroxylamine groups is 1. The summed E-state index contributed by atoms with van der Waals surface area (Å²) in [6.07, 6.45) is 5.97. The summed E-state index contributed by atoms with van der Waals surface area (Å²) >= 11 is 0. The Labute approximate surface area is 211 Å². The lowest BCUT2D eigenvalue weighted by molar-refractivity contribution is 0.0341. The van der Waals surface area contributed by atoms with Crippen molar-refractivity contribution in [3.05, 3.63) is 47.0 Å². The van der Waals surface area contributed by atoms with E-state index >= 15 is 0 Å². The number of aliphatic imine (C=N–C) groups is 1. The van der Waals surface area contributed by atoms with E-state index in [0.29, 0.717) is 18.9 Å². The largest absolute Gasteiger partial charge is 0.444 e. The molecule has 36 heavy (non-hydrogen) atoms. The molecule has 3 aromatic rings. The summed E-state index contributed by atoms with van der Waals surface area (Å²) in [5, 5.41) is 8.53. The lowest BCUT2D eigenvalue weighted by atomic mass is 9.76. The molecule has 0 spiro atoms. The fourth-order valence-electron chi connectivity index (χ4n) is 4.84. The highest BCUT2D eigenvalue weighted by atomic mass is 16.7. The zero-order valence-corrected chi connectivity index (χ0v) is 21.9. The van der Waals surface area contributed by atoms with E-state index < -0.39 is 17.9 Å². The monoisotopic (exact) mass is 493 g/mol. The third-order valence-corrected chi connectivity index (χ3v) is 6.65. The summed E-state index contributed by atoms with van der Waals surface area (Å²) in [6.45, 7) is 11.2. The molecule has 10 nitrogen and oxygen atoms in total. The fourth-order valence-corrected chi connectivity index (χ4v) is 4.84. The van der Waals surface area contributed by atoms with Crippen molar-refractivity contribution in [2.45, 2.75) is 72.3 Å². The number of alkyl carbamates (subject to hydrolysis) is 1. The first-order valence-corrected chi connectivity index (χ1v) is 12.5. The van der Waals surface area contributed by atoms with Gasteiger partial charge in [-0.25, -0.2) is 25.1 Å². The summed E-state index contributed by atoms with van der Waals surface area (Å²) < 4.78 is 9.27. The van der Waals surface area contributed by atoms with Gasteiger partial charge in [-0.2, -0.15) is 5.10 Å². The number of hydrogen-bond donors (Lipinski definition) is 2. The molecule has 0 bridgehead atoms. The van der Waals surface area contributed by atoms with Gasteiger partial charge in [-0.05, 0) is 57.6 Å². The lowest BCUT2D eigenvalue weighted by Crippen LogP contribution is -2.34. The number of aromatic nitrogens is 4. The van der Waals surface area contributed by atoms with Gasteiger partial charge in [0.15, 0.2) is 5.84 Å². The van der Waals surface area contributed by atoms with Gasteiger partial charge < -0.3 is 14.6 Å². The lowest BCUT2D eigenvalue weighted by Gasteiger charge is -2.30. The van der Waals surface area contributed by atoms with E-state index in [1.165, 1.54) is 11.3 Å². The summed E-state index contributed by atoms with van der Waals surface area (Å²) in [5.41, 5.74) is 7.86. The fraction of sp³-hybridized carbons (Fsp3) is 0.538. The Kier molecular flexibility index (Phi) is 6.02. The maximum absolute atomic E-state index is 11.9. The van der Waals surface area contributed by atoms with Crippen LogP contribution in [0, 0.1) is 5.41 Å². The Morgan fingerprint density at radius 2 is 2.17 bits per heavy atom.